The van der Waals surface area contributed by atoms with E-state index in [-0.39, 0.29) is 5.41 Å². The van der Waals surface area contributed by atoms with Crippen LogP contribution in [-0.4, -0.2) is 33.6 Å². The zero-order valence-corrected chi connectivity index (χ0v) is 29.5. The van der Waals surface area contributed by atoms with Crippen LogP contribution in [0.1, 0.15) is 43.0 Å². The molecule has 0 aliphatic carbocycles. The summed E-state index contributed by atoms with van der Waals surface area (Å²) in [5, 5.41) is 2.10. The number of aryl methyl sites for hydroxylation is 3. The molecule has 51 heavy (non-hydrogen) atoms. The zero-order valence-electron chi connectivity index (χ0n) is 29.5. The van der Waals surface area contributed by atoms with Gasteiger partial charge in [-0.25, -0.2) is 9.97 Å². The highest BCUT2D eigenvalue weighted by Gasteiger charge is 2.21. The molecule has 0 saturated carbocycles. The fourth-order valence-corrected chi connectivity index (χ4v) is 7.53. The van der Waals surface area contributed by atoms with E-state index in [0.717, 1.165) is 61.3 Å². The fraction of sp³-hybridized carbons (Fsp3) is 0.163. The van der Waals surface area contributed by atoms with E-state index in [1.807, 2.05) is 42.9 Å². The van der Waals surface area contributed by atoms with Crippen LogP contribution in [0.5, 0.6) is 11.5 Å². The molecule has 250 valence electrons. The van der Waals surface area contributed by atoms with Crippen LogP contribution in [-0.2, 0) is 5.41 Å². The SMILES string of the molecule is Cc1cc(C)c(-n2ccnc2-n2c3ccccc3c3ncc(Oc4cnc5c6ccccc6n(-c6cc(C(C)(C)C)ccn6)c5c4)cc32)c(C)c1. The average molecular weight is 668 g/mol. The van der Waals surface area contributed by atoms with E-state index in [9.17, 15) is 0 Å². The Morgan fingerprint density at radius 3 is 1.80 bits per heavy atom. The van der Waals surface area contributed by atoms with Crippen molar-refractivity contribution >= 4 is 43.9 Å². The predicted molar refractivity (Wildman–Crippen MR) is 205 cm³/mol. The summed E-state index contributed by atoms with van der Waals surface area (Å²) in [6.45, 7) is 13.1. The van der Waals surface area contributed by atoms with E-state index in [1.54, 1.807) is 12.4 Å². The van der Waals surface area contributed by atoms with E-state index in [4.69, 9.17) is 24.7 Å². The predicted octanol–water partition coefficient (Wildman–Crippen LogP) is 10.3. The van der Waals surface area contributed by atoms with Gasteiger partial charge in [0.25, 0.3) is 0 Å². The monoisotopic (exact) mass is 667 g/mol. The van der Waals surface area contributed by atoms with E-state index in [2.05, 4.69) is 116 Å². The molecule has 0 bridgehead atoms. The van der Waals surface area contributed by atoms with Gasteiger partial charge in [-0.15, -0.1) is 0 Å². The molecule has 0 aliphatic rings. The van der Waals surface area contributed by atoms with Gasteiger partial charge in [0.05, 0.1) is 51.2 Å². The molecule has 9 aromatic rings. The highest BCUT2D eigenvalue weighted by molar-refractivity contribution is 6.08. The number of para-hydroxylation sites is 2. The molecule has 0 aliphatic heterocycles. The van der Waals surface area contributed by atoms with Crippen LogP contribution in [0.2, 0.25) is 0 Å². The Bertz CT molecular complexity index is 2790. The van der Waals surface area contributed by atoms with Gasteiger partial charge in [-0.05, 0) is 67.1 Å². The topological polar surface area (TPSA) is 75.6 Å². The average Bonchev–Trinajstić information content (AvgIpc) is 3.79. The Labute approximate surface area is 295 Å². The third-order valence-electron chi connectivity index (χ3n) is 9.74. The minimum atomic E-state index is -0.0218. The van der Waals surface area contributed by atoms with Crippen LogP contribution >= 0.6 is 0 Å². The second-order valence-corrected chi connectivity index (χ2v) is 14.4. The van der Waals surface area contributed by atoms with Crippen molar-refractivity contribution in [2.45, 2.75) is 47.0 Å². The molecule has 9 rings (SSSR count). The van der Waals surface area contributed by atoms with Gasteiger partial charge < -0.3 is 4.74 Å². The maximum atomic E-state index is 6.59. The number of aromatic nitrogens is 7. The lowest BCUT2D eigenvalue weighted by Gasteiger charge is -2.20. The standard InChI is InChI=1S/C43H37N7O/c1-26-19-27(2)41(28(3)20-26)48-18-17-45-42(48)50-35-14-10-8-12-33(35)40-37(50)23-31(25-47-40)51-30-22-36-39(46-24-30)32-11-7-9-13-34(32)49(36)38-21-29(15-16-44-38)43(4,5)6/h7-25H,1-6H3. The first-order valence-corrected chi connectivity index (χ1v) is 17.2. The van der Waals surface area contributed by atoms with Gasteiger partial charge in [0.15, 0.2) is 0 Å². The Kier molecular flexibility index (Phi) is 6.86. The van der Waals surface area contributed by atoms with Gasteiger partial charge in [0, 0.05) is 41.5 Å². The zero-order chi connectivity index (χ0) is 35.0. The molecular weight excluding hydrogens is 631 g/mol. The first-order chi connectivity index (χ1) is 24.7. The number of ether oxygens (including phenoxy) is 1. The molecule has 0 N–H and O–H groups in total. The largest absolute Gasteiger partial charge is 0.454 e. The Hall–Kier alpha value is -6.28. The molecule has 8 heteroatoms. The molecule has 0 saturated heterocycles. The van der Waals surface area contributed by atoms with Crippen molar-refractivity contribution in [1.82, 2.24) is 33.6 Å². The summed E-state index contributed by atoms with van der Waals surface area (Å²) in [6.07, 6.45) is 9.34. The number of pyridine rings is 3. The number of fused-ring (bicyclic) bond motifs is 6. The minimum Gasteiger partial charge on any atom is -0.454 e. The number of hydrogen-bond acceptors (Lipinski definition) is 5. The first kappa shape index (κ1) is 30.8. The van der Waals surface area contributed by atoms with Crippen LogP contribution in [0, 0.1) is 20.8 Å². The summed E-state index contributed by atoms with van der Waals surface area (Å²) in [5.74, 6) is 2.83. The summed E-state index contributed by atoms with van der Waals surface area (Å²) in [6, 6.07) is 29.4. The summed E-state index contributed by atoms with van der Waals surface area (Å²) >= 11 is 0. The van der Waals surface area contributed by atoms with Crippen molar-refractivity contribution in [3.05, 3.63) is 138 Å². The molecule has 0 atom stereocenters. The quantitative estimate of drug-likeness (QED) is 0.183. The van der Waals surface area contributed by atoms with Crippen molar-refractivity contribution < 1.29 is 4.74 Å². The van der Waals surface area contributed by atoms with Gasteiger partial charge in [0.2, 0.25) is 5.95 Å². The molecule has 3 aromatic carbocycles. The van der Waals surface area contributed by atoms with Crippen molar-refractivity contribution in [1.29, 1.82) is 0 Å². The van der Waals surface area contributed by atoms with Crippen LogP contribution in [0.4, 0.5) is 0 Å². The van der Waals surface area contributed by atoms with Crippen LogP contribution in [0.15, 0.2) is 116 Å². The second kappa shape index (κ2) is 11.4. The summed E-state index contributed by atoms with van der Waals surface area (Å²) in [5.41, 5.74) is 11.6. The molecule has 0 radical (unpaired) electrons. The van der Waals surface area contributed by atoms with E-state index >= 15 is 0 Å². The second-order valence-electron chi connectivity index (χ2n) is 14.4. The first-order valence-electron chi connectivity index (χ1n) is 17.2. The Balaban J connectivity index is 1.19. The third-order valence-corrected chi connectivity index (χ3v) is 9.74. The maximum absolute atomic E-state index is 6.59. The maximum Gasteiger partial charge on any atom is 0.219 e. The highest BCUT2D eigenvalue weighted by atomic mass is 16.5. The fourth-order valence-electron chi connectivity index (χ4n) is 7.53. The van der Waals surface area contributed by atoms with Gasteiger partial charge in [-0.3, -0.25) is 23.7 Å². The smallest absolute Gasteiger partial charge is 0.219 e. The van der Waals surface area contributed by atoms with Crippen molar-refractivity contribution in [3.8, 4) is 29.0 Å². The van der Waals surface area contributed by atoms with Gasteiger partial charge in [-0.2, -0.15) is 0 Å². The van der Waals surface area contributed by atoms with Crippen LogP contribution < -0.4 is 4.74 Å². The Morgan fingerprint density at radius 2 is 1.18 bits per heavy atom. The molecule has 0 amide bonds. The normalized spacial score (nSPS) is 12.1. The minimum absolute atomic E-state index is 0.0218. The number of benzene rings is 3. The Morgan fingerprint density at radius 1 is 0.588 bits per heavy atom. The molecular formula is C43H37N7O. The van der Waals surface area contributed by atoms with Crippen molar-refractivity contribution in [2.75, 3.05) is 0 Å². The van der Waals surface area contributed by atoms with Gasteiger partial charge in [-0.1, -0.05) is 74.9 Å². The summed E-state index contributed by atoms with van der Waals surface area (Å²) in [7, 11) is 0. The van der Waals surface area contributed by atoms with Crippen LogP contribution in [0.25, 0.3) is 61.3 Å². The number of imidazole rings is 1. The molecule has 6 heterocycles. The molecule has 0 spiro atoms. The lowest BCUT2D eigenvalue weighted by molar-refractivity contribution is 0.480. The summed E-state index contributed by atoms with van der Waals surface area (Å²) in [4.78, 5) is 19.6. The van der Waals surface area contributed by atoms with E-state index < -0.39 is 0 Å². The number of nitrogens with zero attached hydrogens (tertiary/aromatic N) is 7. The van der Waals surface area contributed by atoms with Gasteiger partial charge >= 0.3 is 0 Å². The third kappa shape index (κ3) is 4.97. The summed E-state index contributed by atoms with van der Waals surface area (Å²) < 4.78 is 13.1. The molecule has 0 unspecified atom stereocenters. The number of rotatable bonds is 5. The lowest BCUT2D eigenvalue weighted by atomic mass is 9.88. The van der Waals surface area contributed by atoms with Gasteiger partial charge in [0.1, 0.15) is 17.3 Å². The van der Waals surface area contributed by atoms with Crippen molar-refractivity contribution in [2.24, 2.45) is 0 Å². The lowest BCUT2D eigenvalue weighted by Crippen LogP contribution is -2.12. The number of hydrogen-bond donors (Lipinski definition) is 0. The highest BCUT2D eigenvalue weighted by Crippen LogP contribution is 2.37. The van der Waals surface area contributed by atoms with Crippen molar-refractivity contribution in [3.63, 3.8) is 0 Å². The van der Waals surface area contributed by atoms with Crippen LogP contribution in [0.3, 0.4) is 0 Å². The van der Waals surface area contributed by atoms with E-state index in [1.165, 1.54) is 22.3 Å². The molecule has 8 nitrogen and oxygen atoms in total. The van der Waals surface area contributed by atoms with E-state index in [0.29, 0.717) is 11.5 Å². The molecule has 0 fully saturated rings. The molecule has 6 aromatic heterocycles.